The Morgan fingerprint density at radius 1 is 1.23 bits per heavy atom. The largest absolute Gasteiger partial charge is 0.481 e. The first-order chi connectivity index (χ1) is 10.4. The minimum Gasteiger partial charge on any atom is -0.481 e. The summed E-state index contributed by atoms with van der Waals surface area (Å²) in [5, 5.41) is 32.5. The lowest BCUT2D eigenvalue weighted by molar-refractivity contribution is -0.384. The second-order valence-corrected chi connectivity index (χ2v) is 4.41. The molecular weight excluding hydrogens is 294 g/mol. The molecule has 0 amide bonds. The van der Waals surface area contributed by atoms with Crippen LogP contribution in [0.15, 0.2) is 30.5 Å². The predicted octanol–water partition coefficient (Wildman–Crippen LogP) is 1.63. The molecule has 0 aliphatic heterocycles. The highest BCUT2D eigenvalue weighted by Gasteiger charge is 2.18. The second-order valence-electron chi connectivity index (χ2n) is 4.41. The molecule has 0 fully saturated rings. The number of hydrogen-bond acceptors (Lipinski definition) is 5. The van der Waals surface area contributed by atoms with Gasteiger partial charge in [0.25, 0.3) is 5.69 Å². The predicted molar refractivity (Wildman–Crippen MR) is 73.5 cm³/mol. The Kier molecular flexibility index (Phi) is 4.16. The molecule has 0 atom stereocenters. The Balaban J connectivity index is 2.37. The molecule has 0 unspecified atom stereocenters. The van der Waals surface area contributed by atoms with Gasteiger partial charge in [-0.3, -0.25) is 19.6 Å². The van der Waals surface area contributed by atoms with Crippen molar-refractivity contribution in [3.8, 4) is 11.3 Å². The molecule has 0 aliphatic carbocycles. The van der Waals surface area contributed by atoms with Gasteiger partial charge in [-0.2, -0.15) is 5.10 Å². The number of non-ortho nitro benzene ring substituents is 1. The van der Waals surface area contributed by atoms with E-state index < -0.39 is 16.9 Å². The topological polar surface area (TPSA) is 136 Å². The number of hydrogen-bond donors (Lipinski definition) is 2. The standard InChI is InChI=1S/C13H11N3O6/c17-11(18)5-6-15-7-10(13(19)20)12(14-15)8-1-3-9(4-2-8)16(21)22/h1-4,7H,5-6H2,(H,17,18)(H,19,20). The Morgan fingerprint density at radius 2 is 1.86 bits per heavy atom. The summed E-state index contributed by atoms with van der Waals surface area (Å²) < 4.78 is 1.23. The molecule has 9 nitrogen and oxygen atoms in total. The van der Waals surface area contributed by atoms with Gasteiger partial charge in [0.1, 0.15) is 11.3 Å². The van der Waals surface area contributed by atoms with Crippen molar-refractivity contribution in [1.82, 2.24) is 9.78 Å². The van der Waals surface area contributed by atoms with E-state index in [1.807, 2.05) is 0 Å². The van der Waals surface area contributed by atoms with E-state index in [1.54, 1.807) is 0 Å². The van der Waals surface area contributed by atoms with Crippen LogP contribution >= 0.6 is 0 Å². The maximum Gasteiger partial charge on any atom is 0.339 e. The molecule has 1 heterocycles. The van der Waals surface area contributed by atoms with E-state index in [9.17, 15) is 24.8 Å². The normalized spacial score (nSPS) is 10.4. The number of carboxylic acids is 2. The van der Waals surface area contributed by atoms with Crippen LogP contribution in [-0.4, -0.2) is 36.9 Å². The van der Waals surface area contributed by atoms with Crippen LogP contribution in [0.1, 0.15) is 16.8 Å². The van der Waals surface area contributed by atoms with Crippen LogP contribution in [0.3, 0.4) is 0 Å². The molecule has 0 aliphatic rings. The van der Waals surface area contributed by atoms with E-state index in [4.69, 9.17) is 5.11 Å². The van der Waals surface area contributed by atoms with Crippen molar-refractivity contribution in [2.75, 3.05) is 0 Å². The summed E-state index contributed by atoms with van der Waals surface area (Å²) in [5.74, 6) is -2.24. The third-order valence-corrected chi connectivity index (χ3v) is 2.90. The van der Waals surface area contributed by atoms with Gasteiger partial charge >= 0.3 is 11.9 Å². The molecule has 0 bridgehead atoms. The van der Waals surface area contributed by atoms with Crippen LogP contribution in [0, 0.1) is 10.1 Å². The van der Waals surface area contributed by atoms with E-state index in [0.717, 1.165) is 0 Å². The molecular formula is C13H11N3O6. The minimum atomic E-state index is -1.21. The zero-order valence-electron chi connectivity index (χ0n) is 11.2. The average Bonchev–Trinajstić information content (AvgIpc) is 2.89. The van der Waals surface area contributed by atoms with E-state index in [1.165, 1.54) is 35.1 Å². The van der Waals surface area contributed by atoms with Crippen molar-refractivity contribution >= 4 is 17.6 Å². The zero-order chi connectivity index (χ0) is 16.3. The number of nitro groups is 1. The number of carbonyl (C=O) groups is 2. The van der Waals surface area contributed by atoms with Gasteiger partial charge in [-0.25, -0.2) is 4.79 Å². The Bertz CT molecular complexity index is 735. The Morgan fingerprint density at radius 3 is 2.36 bits per heavy atom. The number of carboxylic acid groups (broad SMARTS) is 2. The average molecular weight is 305 g/mol. The molecule has 2 aromatic rings. The summed E-state index contributed by atoms with van der Waals surface area (Å²) in [4.78, 5) is 31.8. The SMILES string of the molecule is O=C(O)CCn1cc(C(=O)O)c(-c2ccc([N+](=O)[O-])cc2)n1. The minimum absolute atomic E-state index is 0.0304. The number of aliphatic carboxylic acids is 1. The number of benzene rings is 1. The summed E-state index contributed by atoms with van der Waals surface area (Å²) in [6.07, 6.45) is 1.04. The third kappa shape index (κ3) is 3.26. The van der Waals surface area contributed by atoms with Crippen LogP contribution in [-0.2, 0) is 11.3 Å². The van der Waals surface area contributed by atoms with Gasteiger partial charge in [-0.15, -0.1) is 0 Å². The van der Waals surface area contributed by atoms with Crippen molar-refractivity contribution in [3.05, 3.63) is 46.1 Å². The molecule has 0 saturated carbocycles. The number of aryl methyl sites for hydroxylation is 1. The molecule has 1 aromatic carbocycles. The fraction of sp³-hybridized carbons (Fsp3) is 0.154. The summed E-state index contributed by atoms with van der Waals surface area (Å²) in [6.45, 7) is 0.0304. The second kappa shape index (κ2) is 6.04. The van der Waals surface area contributed by atoms with Crippen LogP contribution < -0.4 is 0 Å². The summed E-state index contributed by atoms with van der Waals surface area (Å²) in [7, 11) is 0. The zero-order valence-corrected chi connectivity index (χ0v) is 11.2. The number of aromatic carboxylic acids is 1. The van der Waals surface area contributed by atoms with Crippen molar-refractivity contribution in [1.29, 1.82) is 0 Å². The quantitative estimate of drug-likeness (QED) is 0.611. The van der Waals surface area contributed by atoms with Crippen molar-refractivity contribution in [3.63, 3.8) is 0 Å². The highest BCUT2D eigenvalue weighted by atomic mass is 16.6. The van der Waals surface area contributed by atoms with E-state index in [-0.39, 0.29) is 29.9 Å². The van der Waals surface area contributed by atoms with Gasteiger partial charge in [0.2, 0.25) is 0 Å². The summed E-state index contributed by atoms with van der Waals surface area (Å²) in [6, 6.07) is 5.29. The summed E-state index contributed by atoms with van der Waals surface area (Å²) in [5.41, 5.74) is 0.315. The van der Waals surface area contributed by atoms with Gasteiger partial charge in [-0.05, 0) is 12.1 Å². The highest BCUT2D eigenvalue weighted by Crippen LogP contribution is 2.24. The molecule has 2 rings (SSSR count). The smallest absolute Gasteiger partial charge is 0.339 e. The van der Waals surface area contributed by atoms with Crippen LogP contribution in [0.25, 0.3) is 11.3 Å². The van der Waals surface area contributed by atoms with Gasteiger partial charge in [0, 0.05) is 23.9 Å². The fourth-order valence-electron chi connectivity index (χ4n) is 1.86. The molecule has 22 heavy (non-hydrogen) atoms. The Hall–Kier alpha value is -3.23. The van der Waals surface area contributed by atoms with E-state index in [0.29, 0.717) is 5.56 Å². The monoisotopic (exact) mass is 305 g/mol. The molecule has 0 spiro atoms. The maximum absolute atomic E-state index is 11.2. The summed E-state index contributed by atoms with van der Waals surface area (Å²) >= 11 is 0. The van der Waals surface area contributed by atoms with Crippen molar-refractivity contribution in [2.45, 2.75) is 13.0 Å². The van der Waals surface area contributed by atoms with Gasteiger partial charge in [-0.1, -0.05) is 0 Å². The number of nitro benzene ring substituents is 1. The number of rotatable bonds is 6. The molecule has 0 saturated heterocycles. The molecule has 9 heteroatoms. The van der Waals surface area contributed by atoms with Crippen LogP contribution in [0.5, 0.6) is 0 Å². The van der Waals surface area contributed by atoms with Crippen molar-refractivity contribution in [2.24, 2.45) is 0 Å². The lowest BCUT2D eigenvalue weighted by Crippen LogP contribution is -2.05. The van der Waals surface area contributed by atoms with Crippen LogP contribution in [0.2, 0.25) is 0 Å². The van der Waals surface area contributed by atoms with Gasteiger partial charge < -0.3 is 10.2 Å². The highest BCUT2D eigenvalue weighted by molar-refractivity contribution is 5.94. The number of aromatic nitrogens is 2. The van der Waals surface area contributed by atoms with E-state index >= 15 is 0 Å². The molecule has 2 N–H and O–H groups in total. The first kappa shape index (κ1) is 15.2. The van der Waals surface area contributed by atoms with Gasteiger partial charge in [0.05, 0.1) is 17.9 Å². The lowest BCUT2D eigenvalue weighted by atomic mass is 10.1. The molecule has 114 valence electrons. The first-order valence-corrected chi connectivity index (χ1v) is 6.16. The molecule has 0 radical (unpaired) electrons. The Labute approximate surface area is 123 Å². The number of nitrogens with zero attached hydrogens (tertiary/aromatic N) is 3. The van der Waals surface area contributed by atoms with Crippen LogP contribution in [0.4, 0.5) is 5.69 Å². The van der Waals surface area contributed by atoms with Gasteiger partial charge in [0.15, 0.2) is 0 Å². The molecule has 1 aromatic heterocycles. The van der Waals surface area contributed by atoms with Crippen molar-refractivity contribution < 1.29 is 24.7 Å². The lowest BCUT2D eigenvalue weighted by Gasteiger charge is -1.99. The first-order valence-electron chi connectivity index (χ1n) is 6.16. The van der Waals surface area contributed by atoms with E-state index in [2.05, 4.69) is 5.10 Å². The maximum atomic E-state index is 11.2. The fourth-order valence-corrected chi connectivity index (χ4v) is 1.86. The third-order valence-electron chi connectivity index (χ3n) is 2.90.